The number of aromatic nitrogens is 1. The van der Waals surface area contributed by atoms with Crippen LogP contribution in [0.3, 0.4) is 0 Å². The lowest BCUT2D eigenvalue weighted by Gasteiger charge is -2.35. The zero-order chi connectivity index (χ0) is 43.6. The third-order valence-corrected chi connectivity index (χ3v) is 13.3. The number of para-hydroxylation sites is 5. The molecule has 0 N–H and O–H groups in total. The Morgan fingerprint density at radius 2 is 0.939 bits per heavy atom. The van der Waals surface area contributed by atoms with Crippen molar-refractivity contribution in [3.8, 4) is 23.0 Å². The summed E-state index contributed by atoms with van der Waals surface area (Å²) < 4.78 is 17.2. The first kappa shape index (κ1) is 38.0. The first-order valence-electron chi connectivity index (χ1n) is 22.8. The van der Waals surface area contributed by atoms with Gasteiger partial charge in [-0.1, -0.05) is 140 Å². The number of anilines is 6. The van der Waals surface area contributed by atoms with Crippen LogP contribution in [0.1, 0.15) is 18.4 Å². The molecule has 13 rings (SSSR count). The molecule has 0 spiro atoms. The number of hydrogen-bond acceptors (Lipinski definition) is 4. The van der Waals surface area contributed by atoms with E-state index in [1.807, 2.05) is 0 Å². The minimum absolute atomic E-state index is 0.162. The smallest absolute Gasteiger partial charge is 0.260 e. The van der Waals surface area contributed by atoms with Gasteiger partial charge in [0.25, 0.3) is 6.71 Å². The van der Waals surface area contributed by atoms with Gasteiger partial charge in [0.1, 0.15) is 17.2 Å². The fraction of sp³-hybridized carbons (Fsp3) is 0.0333. The number of rotatable bonds is 8. The molecule has 0 unspecified atom stereocenters. The lowest BCUT2D eigenvalue weighted by molar-refractivity contribution is 0.468. The topological polar surface area (TPSA) is 29.9 Å². The van der Waals surface area contributed by atoms with Gasteiger partial charge in [0.05, 0.1) is 11.0 Å². The third kappa shape index (κ3) is 6.25. The van der Waals surface area contributed by atoms with Crippen molar-refractivity contribution < 1.29 is 9.47 Å². The van der Waals surface area contributed by atoms with Crippen LogP contribution in [-0.4, -0.2) is 11.3 Å². The van der Waals surface area contributed by atoms with Gasteiger partial charge in [-0.25, -0.2) is 0 Å². The predicted octanol–water partition coefficient (Wildman–Crippen LogP) is 14.2. The van der Waals surface area contributed by atoms with Crippen LogP contribution >= 0.6 is 0 Å². The van der Waals surface area contributed by atoms with Crippen LogP contribution in [0.4, 0.5) is 34.1 Å². The third-order valence-electron chi connectivity index (χ3n) is 13.3. The quantitative estimate of drug-likeness (QED) is 0.143. The summed E-state index contributed by atoms with van der Waals surface area (Å²) in [6, 6.07) is 77.5. The van der Waals surface area contributed by atoms with Gasteiger partial charge < -0.3 is 23.8 Å². The first-order chi connectivity index (χ1) is 32.7. The second kappa shape index (κ2) is 15.6. The molecule has 6 heteroatoms. The highest BCUT2D eigenvalue weighted by atomic mass is 16.5. The van der Waals surface area contributed by atoms with Gasteiger partial charge in [-0.2, -0.15) is 0 Å². The van der Waals surface area contributed by atoms with Gasteiger partial charge in [0, 0.05) is 68.2 Å². The maximum atomic E-state index is 7.49. The van der Waals surface area contributed by atoms with Crippen LogP contribution in [-0.2, 0) is 0 Å². The molecule has 10 aromatic rings. The highest BCUT2D eigenvalue weighted by molar-refractivity contribution is 6.98. The fourth-order valence-electron chi connectivity index (χ4n) is 10.4. The molecule has 0 amide bonds. The first-order valence-corrected chi connectivity index (χ1v) is 22.8. The molecular formula is C60H42BN3O2. The van der Waals surface area contributed by atoms with E-state index in [4.69, 9.17) is 9.47 Å². The minimum atomic E-state index is -0.162. The van der Waals surface area contributed by atoms with Gasteiger partial charge in [0.2, 0.25) is 0 Å². The summed E-state index contributed by atoms with van der Waals surface area (Å²) in [7, 11) is 0. The predicted molar refractivity (Wildman–Crippen MR) is 274 cm³/mol. The largest absolute Gasteiger partial charge is 0.458 e. The zero-order valence-electron chi connectivity index (χ0n) is 36.1. The molecule has 2 aliphatic heterocycles. The van der Waals surface area contributed by atoms with Gasteiger partial charge in [0.15, 0.2) is 5.75 Å². The molecule has 1 aromatic heterocycles. The van der Waals surface area contributed by atoms with Crippen LogP contribution in [0.2, 0.25) is 0 Å². The molecule has 3 heterocycles. The summed E-state index contributed by atoms with van der Waals surface area (Å²) in [6.45, 7) is -0.162. The van der Waals surface area contributed by atoms with Crippen LogP contribution in [0, 0.1) is 0 Å². The van der Waals surface area contributed by atoms with Crippen LogP contribution < -0.4 is 35.7 Å². The second-order valence-corrected chi connectivity index (χ2v) is 17.2. The van der Waals surface area contributed by atoms with Gasteiger partial charge >= 0.3 is 0 Å². The molecule has 0 radical (unpaired) electrons. The van der Waals surface area contributed by atoms with Gasteiger partial charge in [-0.3, -0.25) is 0 Å². The van der Waals surface area contributed by atoms with Crippen molar-refractivity contribution in [2.75, 3.05) is 9.80 Å². The van der Waals surface area contributed by atoms with Crippen molar-refractivity contribution in [2.45, 2.75) is 12.8 Å². The molecule has 312 valence electrons. The summed E-state index contributed by atoms with van der Waals surface area (Å²) in [6.07, 6.45) is 6.58. The Morgan fingerprint density at radius 1 is 0.439 bits per heavy atom. The molecule has 5 nitrogen and oxygen atoms in total. The van der Waals surface area contributed by atoms with E-state index in [0.717, 1.165) is 108 Å². The van der Waals surface area contributed by atoms with E-state index in [9.17, 15) is 0 Å². The highest BCUT2D eigenvalue weighted by Gasteiger charge is 2.43. The van der Waals surface area contributed by atoms with Crippen molar-refractivity contribution in [1.29, 1.82) is 0 Å². The van der Waals surface area contributed by atoms with Crippen molar-refractivity contribution in [3.05, 3.63) is 236 Å². The summed E-state index contributed by atoms with van der Waals surface area (Å²) in [5.74, 6) is 3.30. The van der Waals surface area contributed by atoms with E-state index in [2.05, 4.69) is 245 Å². The molecule has 0 bridgehead atoms. The molecule has 0 atom stereocenters. The molecule has 0 saturated carbocycles. The second-order valence-electron chi connectivity index (χ2n) is 17.2. The Labute approximate surface area is 384 Å². The van der Waals surface area contributed by atoms with Gasteiger partial charge in [-0.15, -0.1) is 0 Å². The Kier molecular flexibility index (Phi) is 9.02. The number of hydrogen-bond donors (Lipinski definition) is 0. The number of fused-ring (bicyclic) bond motifs is 8. The van der Waals surface area contributed by atoms with Crippen LogP contribution in [0.5, 0.6) is 23.0 Å². The maximum absolute atomic E-state index is 7.49. The highest BCUT2D eigenvalue weighted by Crippen LogP contribution is 2.48. The number of allylic oxidation sites excluding steroid dienone is 4. The minimum Gasteiger partial charge on any atom is -0.458 e. The van der Waals surface area contributed by atoms with E-state index >= 15 is 0 Å². The molecule has 66 heavy (non-hydrogen) atoms. The summed E-state index contributed by atoms with van der Waals surface area (Å²) in [5, 5.41) is 2.25. The zero-order valence-corrected chi connectivity index (χ0v) is 36.1. The van der Waals surface area contributed by atoms with E-state index in [1.165, 1.54) is 16.8 Å². The molecule has 0 fully saturated rings. The average Bonchev–Trinajstić information content (AvgIpc) is 3.72. The standard InChI is InChI=1S/C60H42BN3O2/c1-6-19-41(20-7-1)42-21-18-30-47(37-42)64-54-32-17-16-31-50(54)51-40-57-58-60(59(51)64)66-56-39-49(63(45-26-12-4-13-27-45)46-28-14-5-15-29-46)34-36-53(56)61(58)52-35-33-48(38-55(52)65-57)62(43-22-8-2-9-23-43)44-24-10-3-11-25-44/h1-17,19-29,31-40H,18,30H2. The van der Waals surface area contributed by atoms with Crippen LogP contribution in [0.15, 0.2) is 231 Å². The molecule has 9 aromatic carbocycles. The van der Waals surface area contributed by atoms with Gasteiger partial charge in [-0.05, 0) is 114 Å². The van der Waals surface area contributed by atoms with Crippen LogP contribution in [0.25, 0.3) is 33.1 Å². The Morgan fingerprint density at radius 3 is 1.50 bits per heavy atom. The van der Waals surface area contributed by atoms with E-state index < -0.39 is 0 Å². The van der Waals surface area contributed by atoms with Crippen molar-refractivity contribution in [3.63, 3.8) is 0 Å². The van der Waals surface area contributed by atoms with Crippen molar-refractivity contribution >= 4 is 90.3 Å². The monoisotopic (exact) mass is 847 g/mol. The molecule has 3 aliphatic rings. The number of nitrogens with zero attached hydrogens (tertiary/aromatic N) is 3. The fourth-order valence-corrected chi connectivity index (χ4v) is 10.4. The van der Waals surface area contributed by atoms with E-state index in [-0.39, 0.29) is 6.71 Å². The van der Waals surface area contributed by atoms with Crippen molar-refractivity contribution in [1.82, 2.24) is 4.57 Å². The number of benzene rings is 9. The normalized spacial score (nSPS) is 13.4. The Hall–Kier alpha value is -8.48. The lowest BCUT2D eigenvalue weighted by atomic mass is 9.34. The Bertz CT molecular complexity index is 3440. The maximum Gasteiger partial charge on any atom is 0.260 e. The lowest BCUT2D eigenvalue weighted by Crippen LogP contribution is -2.57. The molecular weight excluding hydrogens is 805 g/mol. The summed E-state index contributed by atoms with van der Waals surface area (Å²) in [4.78, 5) is 4.60. The van der Waals surface area contributed by atoms with E-state index in [1.54, 1.807) is 0 Å². The molecule has 1 aliphatic carbocycles. The number of ether oxygens (including phenoxy) is 2. The summed E-state index contributed by atoms with van der Waals surface area (Å²) >= 11 is 0. The SMILES string of the molecule is C1=C(c2ccccc2)C=C(n2c3ccccc3c3cc4c5c(c32)Oc2cc(N(c3ccccc3)c3ccccc3)ccc2B5c2ccc(N(c3ccccc3)c3ccccc3)cc2O4)CC1. The average molecular weight is 848 g/mol. The Balaban J connectivity index is 1.05. The van der Waals surface area contributed by atoms with E-state index in [0.29, 0.717) is 0 Å². The summed E-state index contributed by atoms with van der Waals surface area (Å²) in [5.41, 5.74) is 15.5. The molecule has 0 saturated heterocycles. The van der Waals surface area contributed by atoms with Crippen molar-refractivity contribution in [2.24, 2.45) is 0 Å².